The summed E-state index contributed by atoms with van der Waals surface area (Å²) in [6, 6.07) is 15.1. The summed E-state index contributed by atoms with van der Waals surface area (Å²) in [5, 5.41) is 6.62. The van der Waals surface area contributed by atoms with E-state index in [9.17, 15) is 18.4 Å². The molecule has 0 bridgehead atoms. The Morgan fingerprint density at radius 3 is 2.56 bits per heavy atom. The number of oxime groups is 1. The van der Waals surface area contributed by atoms with Gasteiger partial charge in [-0.15, -0.1) is 0 Å². The maximum absolute atomic E-state index is 14.7. The first-order chi connectivity index (χ1) is 20.9. The lowest BCUT2D eigenvalue weighted by Gasteiger charge is -2.40. The second-order valence-corrected chi connectivity index (χ2v) is 11.3. The molecular formula is C32H31ClF2N4O4. The lowest BCUT2D eigenvalue weighted by molar-refractivity contribution is -0.148. The zero-order valence-corrected chi connectivity index (χ0v) is 24.3. The zero-order chi connectivity index (χ0) is 30.1. The highest BCUT2D eigenvalue weighted by atomic mass is 35.5. The van der Waals surface area contributed by atoms with E-state index in [0.717, 1.165) is 37.2 Å². The first-order valence-corrected chi connectivity index (χ1v) is 14.7. The van der Waals surface area contributed by atoms with Crippen LogP contribution < -0.4 is 10.2 Å². The van der Waals surface area contributed by atoms with Gasteiger partial charge in [-0.2, -0.15) is 0 Å². The quantitative estimate of drug-likeness (QED) is 0.400. The number of hydrogen-bond donors (Lipinski definition) is 1. The molecule has 224 valence electrons. The standard InChI is InChI=1S/C32H31ClF2N4O4/c1-42-19-12-15-38(16-13-19)27-11-5-6-21-20(27)14-17-39(30(21)31(40)36-25-10-3-2-9-24(25)34)32(41)28-18-26(37-43-28)22-7-4-8-23(33)29(22)35/h2-11,19,28,30H,12-18H2,1H3,(H,36,40)/t28-,30+/m1/s1. The first-order valence-electron chi connectivity index (χ1n) is 14.3. The summed E-state index contributed by atoms with van der Waals surface area (Å²) >= 11 is 5.95. The number of amides is 2. The molecule has 0 radical (unpaired) electrons. The molecule has 43 heavy (non-hydrogen) atoms. The van der Waals surface area contributed by atoms with Crippen molar-refractivity contribution in [3.05, 3.63) is 94.0 Å². The van der Waals surface area contributed by atoms with Gasteiger partial charge in [0.1, 0.15) is 11.9 Å². The van der Waals surface area contributed by atoms with Crippen LogP contribution in [0.4, 0.5) is 20.2 Å². The highest BCUT2D eigenvalue weighted by Gasteiger charge is 2.42. The Morgan fingerprint density at radius 1 is 1.02 bits per heavy atom. The molecular weight excluding hydrogens is 578 g/mol. The largest absolute Gasteiger partial charge is 0.382 e. The molecule has 0 aliphatic carbocycles. The van der Waals surface area contributed by atoms with Crippen LogP contribution in [0.15, 0.2) is 65.8 Å². The van der Waals surface area contributed by atoms with Gasteiger partial charge in [-0.05, 0) is 60.7 Å². The van der Waals surface area contributed by atoms with Crippen molar-refractivity contribution in [2.24, 2.45) is 5.16 Å². The van der Waals surface area contributed by atoms with Gasteiger partial charge in [0.2, 0.25) is 6.10 Å². The third kappa shape index (κ3) is 5.69. The summed E-state index contributed by atoms with van der Waals surface area (Å²) in [5.41, 5.74) is 3.08. The van der Waals surface area contributed by atoms with E-state index in [2.05, 4.69) is 15.4 Å². The number of carbonyl (C=O) groups excluding carboxylic acids is 2. The van der Waals surface area contributed by atoms with Crippen LogP contribution in [-0.4, -0.2) is 61.4 Å². The highest BCUT2D eigenvalue weighted by Crippen LogP contribution is 2.38. The Labute approximate surface area is 253 Å². The molecule has 3 aromatic carbocycles. The van der Waals surface area contributed by atoms with Crippen molar-refractivity contribution in [1.29, 1.82) is 0 Å². The fourth-order valence-electron chi connectivity index (χ4n) is 6.14. The molecule has 2 atom stereocenters. The third-order valence-electron chi connectivity index (χ3n) is 8.38. The average Bonchev–Trinajstić information content (AvgIpc) is 3.52. The van der Waals surface area contributed by atoms with Gasteiger partial charge in [0.05, 0.1) is 22.5 Å². The number of fused-ring (bicyclic) bond motifs is 1. The van der Waals surface area contributed by atoms with Gasteiger partial charge in [-0.25, -0.2) is 8.78 Å². The topological polar surface area (TPSA) is 83.5 Å². The van der Waals surface area contributed by atoms with Crippen molar-refractivity contribution in [2.45, 2.75) is 43.9 Å². The molecule has 0 aromatic heterocycles. The normalized spacial score (nSPS) is 20.3. The molecule has 2 amide bonds. The van der Waals surface area contributed by atoms with Gasteiger partial charge in [0.25, 0.3) is 11.8 Å². The Balaban J connectivity index is 1.30. The molecule has 3 aliphatic rings. The Bertz CT molecular complexity index is 1580. The fourth-order valence-corrected chi connectivity index (χ4v) is 6.32. The number of methoxy groups -OCH3 is 1. The van der Waals surface area contributed by atoms with Crippen LogP contribution in [0.1, 0.15) is 42.0 Å². The molecule has 0 saturated carbocycles. The van der Waals surface area contributed by atoms with Crippen LogP contribution in [0.3, 0.4) is 0 Å². The van der Waals surface area contributed by atoms with E-state index >= 15 is 0 Å². The molecule has 1 saturated heterocycles. The molecule has 6 rings (SSSR count). The Morgan fingerprint density at radius 2 is 1.79 bits per heavy atom. The molecule has 1 N–H and O–H groups in total. The van der Waals surface area contributed by atoms with Crippen molar-refractivity contribution in [3.63, 3.8) is 0 Å². The number of benzene rings is 3. The van der Waals surface area contributed by atoms with Crippen molar-refractivity contribution in [1.82, 2.24) is 4.90 Å². The first kappa shape index (κ1) is 29.1. The number of halogens is 3. The molecule has 0 unspecified atom stereocenters. The molecule has 3 aromatic rings. The van der Waals surface area contributed by atoms with E-state index in [1.165, 1.54) is 35.2 Å². The van der Waals surface area contributed by atoms with E-state index in [-0.39, 0.29) is 41.1 Å². The monoisotopic (exact) mass is 608 g/mol. The number of carbonyl (C=O) groups is 2. The number of rotatable bonds is 6. The van der Waals surface area contributed by atoms with Crippen LogP contribution in [0, 0.1) is 11.6 Å². The van der Waals surface area contributed by atoms with Gasteiger partial charge in [0.15, 0.2) is 5.82 Å². The second-order valence-electron chi connectivity index (χ2n) is 10.9. The smallest absolute Gasteiger partial charge is 0.267 e. The number of hydrogen-bond acceptors (Lipinski definition) is 6. The maximum atomic E-state index is 14.7. The minimum Gasteiger partial charge on any atom is -0.382 e. The molecule has 3 aliphatic heterocycles. The fraction of sp³-hybridized carbons (Fsp3) is 0.344. The number of nitrogens with zero attached hydrogens (tertiary/aromatic N) is 3. The zero-order valence-electron chi connectivity index (χ0n) is 23.6. The Kier molecular flexibility index (Phi) is 8.32. The van der Waals surface area contributed by atoms with Crippen molar-refractivity contribution in [2.75, 3.05) is 37.0 Å². The summed E-state index contributed by atoms with van der Waals surface area (Å²) in [5.74, 6) is -2.24. The molecule has 3 heterocycles. The summed E-state index contributed by atoms with van der Waals surface area (Å²) in [6.45, 7) is 1.84. The third-order valence-corrected chi connectivity index (χ3v) is 8.67. The summed E-state index contributed by atoms with van der Waals surface area (Å²) < 4.78 is 34.8. The van der Waals surface area contributed by atoms with E-state index in [1.807, 2.05) is 18.2 Å². The van der Waals surface area contributed by atoms with Crippen LogP contribution in [0.5, 0.6) is 0 Å². The van der Waals surface area contributed by atoms with Crippen molar-refractivity contribution >= 4 is 40.5 Å². The summed E-state index contributed by atoms with van der Waals surface area (Å²) in [7, 11) is 1.72. The lowest BCUT2D eigenvalue weighted by Crippen LogP contribution is -2.49. The number of anilines is 2. The van der Waals surface area contributed by atoms with Gasteiger partial charge in [-0.3, -0.25) is 9.59 Å². The van der Waals surface area contributed by atoms with Crippen molar-refractivity contribution in [3.8, 4) is 0 Å². The van der Waals surface area contributed by atoms with E-state index in [0.29, 0.717) is 12.0 Å². The SMILES string of the molecule is COC1CCN(c2cccc3c2CCN(C(=O)[C@H]2CC(c4cccc(Cl)c4F)=NO2)[C@@H]3C(=O)Nc2ccccc2F)CC1. The van der Waals surface area contributed by atoms with Crippen LogP contribution in [0.2, 0.25) is 5.02 Å². The number of nitrogens with one attached hydrogen (secondary N) is 1. The minimum absolute atomic E-state index is 0.00951. The van der Waals surface area contributed by atoms with Gasteiger partial charge in [0, 0.05) is 44.4 Å². The van der Waals surface area contributed by atoms with E-state index in [1.54, 1.807) is 19.2 Å². The highest BCUT2D eigenvalue weighted by molar-refractivity contribution is 6.31. The lowest BCUT2D eigenvalue weighted by atomic mass is 9.89. The van der Waals surface area contributed by atoms with E-state index in [4.69, 9.17) is 21.2 Å². The van der Waals surface area contributed by atoms with Gasteiger partial charge >= 0.3 is 0 Å². The molecule has 0 spiro atoms. The van der Waals surface area contributed by atoms with E-state index < -0.39 is 35.6 Å². The van der Waals surface area contributed by atoms with Crippen LogP contribution >= 0.6 is 11.6 Å². The molecule has 11 heteroatoms. The average molecular weight is 609 g/mol. The Hall–Kier alpha value is -4.02. The summed E-state index contributed by atoms with van der Waals surface area (Å²) in [4.78, 5) is 37.1. The van der Waals surface area contributed by atoms with Gasteiger partial charge in [-0.1, -0.05) is 47.1 Å². The van der Waals surface area contributed by atoms with Crippen LogP contribution in [0.25, 0.3) is 0 Å². The maximum Gasteiger partial charge on any atom is 0.267 e. The molecule has 8 nitrogen and oxygen atoms in total. The minimum atomic E-state index is -1.06. The second kappa shape index (κ2) is 12.3. The number of piperidine rings is 1. The van der Waals surface area contributed by atoms with Crippen LogP contribution in [-0.2, 0) is 25.6 Å². The van der Waals surface area contributed by atoms with Gasteiger partial charge < -0.3 is 24.7 Å². The number of ether oxygens (including phenoxy) is 1. The predicted molar refractivity (Wildman–Crippen MR) is 159 cm³/mol. The predicted octanol–water partition coefficient (Wildman–Crippen LogP) is 5.49. The number of para-hydroxylation sites is 1. The van der Waals surface area contributed by atoms with Crippen molar-refractivity contribution < 1.29 is 27.9 Å². The molecule has 1 fully saturated rings. The summed E-state index contributed by atoms with van der Waals surface area (Å²) in [6.07, 6.45) is 1.44.